The second kappa shape index (κ2) is 7.21. The number of nitriles is 1. The number of hydrogen-bond donors (Lipinski definition) is 1. The molecule has 0 spiro atoms. The summed E-state index contributed by atoms with van der Waals surface area (Å²) in [5.74, 6) is 1.08. The van der Waals surface area contributed by atoms with Gasteiger partial charge in [0.05, 0.1) is 18.5 Å². The van der Waals surface area contributed by atoms with Gasteiger partial charge >= 0.3 is 0 Å². The fraction of sp³-hybridized carbons (Fsp3) is 0.389. The number of nitrogens with one attached hydrogen (secondary N) is 1. The minimum atomic E-state index is 0.114. The largest absolute Gasteiger partial charge is 0.373 e. The molecule has 2 atom stereocenters. The van der Waals surface area contributed by atoms with E-state index < -0.39 is 0 Å². The van der Waals surface area contributed by atoms with Crippen LogP contribution in [0.2, 0.25) is 0 Å². The van der Waals surface area contributed by atoms with Gasteiger partial charge in [-0.3, -0.25) is 0 Å². The van der Waals surface area contributed by atoms with E-state index in [1.807, 2.05) is 6.07 Å². The van der Waals surface area contributed by atoms with E-state index in [-0.39, 0.29) is 6.10 Å². The predicted octanol–water partition coefficient (Wildman–Crippen LogP) is 3.24. The van der Waals surface area contributed by atoms with Crippen LogP contribution in [0.15, 0.2) is 36.7 Å². The first-order valence-corrected chi connectivity index (χ1v) is 7.90. The van der Waals surface area contributed by atoms with Crippen molar-refractivity contribution in [3.05, 3.63) is 53.5 Å². The molecule has 0 saturated carbocycles. The Morgan fingerprint density at radius 3 is 2.78 bits per heavy atom. The zero-order valence-electron chi connectivity index (χ0n) is 13.2. The van der Waals surface area contributed by atoms with E-state index in [0.29, 0.717) is 17.4 Å². The van der Waals surface area contributed by atoms with Crippen LogP contribution in [-0.2, 0) is 4.74 Å². The molecular formula is C18H20N4O. The molecule has 0 bridgehead atoms. The Labute approximate surface area is 136 Å². The smallest absolute Gasteiger partial charge is 0.158 e. The van der Waals surface area contributed by atoms with Crippen molar-refractivity contribution in [3.8, 4) is 6.07 Å². The summed E-state index contributed by atoms with van der Waals surface area (Å²) in [5, 5.41) is 12.1. The first-order valence-electron chi connectivity index (χ1n) is 7.90. The highest BCUT2D eigenvalue weighted by molar-refractivity contribution is 5.33. The molecule has 2 heterocycles. The third-order valence-corrected chi connectivity index (χ3v) is 4.16. The standard InChI is InChI=1S/C18H20N4O/c1-13-4-6-14(7-5-13)18-15(3-2-8-23-18)10-21-17-12-20-16(9-19)11-22-17/h4-7,11-12,15,18H,2-3,8,10H2,1H3,(H,21,22). The van der Waals surface area contributed by atoms with Gasteiger partial charge in [-0.1, -0.05) is 29.8 Å². The Morgan fingerprint density at radius 1 is 1.26 bits per heavy atom. The fourth-order valence-corrected chi connectivity index (χ4v) is 2.89. The molecule has 2 aromatic rings. The topological polar surface area (TPSA) is 70.8 Å². The highest BCUT2D eigenvalue weighted by Gasteiger charge is 2.27. The van der Waals surface area contributed by atoms with Crippen LogP contribution in [0.4, 0.5) is 5.82 Å². The Balaban J connectivity index is 1.66. The fourth-order valence-electron chi connectivity index (χ4n) is 2.89. The van der Waals surface area contributed by atoms with Crippen molar-refractivity contribution >= 4 is 5.82 Å². The lowest BCUT2D eigenvalue weighted by Gasteiger charge is -2.32. The lowest BCUT2D eigenvalue weighted by atomic mass is 9.89. The van der Waals surface area contributed by atoms with E-state index in [9.17, 15) is 0 Å². The Hall–Kier alpha value is -2.45. The Kier molecular flexibility index (Phi) is 4.84. The number of rotatable bonds is 4. The summed E-state index contributed by atoms with van der Waals surface area (Å²) in [7, 11) is 0. The number of nitrogens with zero attached hydrogens (tertiary/aromatic N) is 3. The van der Waals surface area contributed by atoms with Gasteiger partial charge in [0.25, 0.3) is 0 Å². The molecule has 1 fully saturated rings. The second-order valence-corrected chi connectivity index (χ2v) is 5.88. The van der Waals surface area contributed by atoms with Crippen LogP contribution in [0.25, 0.3) is 0 Å². The van der Waals surface area contributed by atoms with Gasteiger partial charge in [0.1, 0.15) is 11.9 Å². The summed E-state index contributed by atoms with van der Waals surface area (Å²) in [5.41, 5.74) is 2.81. The first-order chi connectivity index (χ1) is 11.3. The van der Waals surface area contributed by atoms with E-state index >= 15 is 0 Å². The van der Waals surface area contributed by atoms with Gasteiger partial charge in [0, 0.05) is 19.1 Å². The molecule has 118 valence electrons. The first kappa shape index (κ1) is 15.4. The summed E-state index contributed by atoms with van der Waals surface area (Å²) in [6.45, 7) is 3.68. The minimum Gasteiger partial charge on any atom is -0.373 e. The molecule has 1 N–H and O–H groups in total. The third-order valence-electron chi connectivity index (χ3n) is 4.16. The maximum atomic E-state index is 8.75. The molecule has 2 unspecified atom stereocenters. The number of benzene rings is 1. The molecule has 1 aliphatic heterocycles. The summed E-state index contributed by atoms with van der Waals surface area (Å²) >= 11 is 0. The summed E-state index contributed by atoms with van der Waals surface area (Å²) < 4.78 is 6.02. The van der Waals surface area contributed by atoms with Crippen molar-refractivity contribution in [1.29, 1.82) is 5.26 Å². The van der Waals surface area contributed by atoms with Crippen molar-refractivity contribution in [2.45, 2.75) is 25.9 Å². The van der Waals surface area contributed by atoms with Crippen LogP contribution < -0.4 is 5.32 Å². The average Bonchev–Trinajstić information content (AvgIpc) is 2.61. The van der Waals surface area contributed by atoms with Crippen LogP contribution in [-0.4, -0.2) is 23.1 Å². The van der Waals surface area contributed by atoms with Gasteiger partial charge in [-0.25, -0.2) is 9.97 Å². The highest BCUT2D eigenvalue weighted by Crippen LogP contribution is 2.33. The lowest BCUT2D eigenvalue weighted by molar-refractivity contribution is -0.0238. The van der Waals surface area contributed by atoms with Gasteiger partial charge in [-0.2, -0.15) is 5.26 Å². The Morgan fingerprint density at radius 2 is 2.09 bits per heavy atom. The number of aryl methyl sites for hydroxylation is 1. The lowest BCUT2D eigenvalue weighted by Crippen LogP contribution is -2.28. The second-order valence-electron chi connectivity index (χ2n) is 5.88. The number of anilines is 1. The van der Waals surface area contributed by atoms with E-state index in [1.165, 1.54) is 17.3 Å². The third kappa shape index (κ3) is 3.85. The number of aromatic nitrogens is 2. The SMILES string of the molecule is Cc1ccc(C2OCCCC2CNc2cnc(C#N)cn2)cc1. The van der Waals surface area contributed by atoms with Crippen LogP contribution >= 0.6 is 0 Å². The van der Waals surface area contributed by atoms with Crippen LogP contribution in [0.1, 0.15) is 35.8 Å². The van der Waals surface area contributed by atoms with Gasteiger partial charge in [0.15, 0.2) is 5.69 Å². The van der Waals surface area contributed by atoms with E-state index in [0.717, 1.165) is 26.0 Å². The van der Waals surface area contributed by atoms with E-state index in [2.05, 4.69) is 46.5 Å². The van der Waals surface area contributed by atoms with Gasteiger partial charge < -0.3 is 10.1 Å². The van der Waals surface area contributed by atoms with Crippen molar-refractivity contribution < 1.29 is 4.74 Å². The van der Waals surface area contributed by atoms with Crippen LogP contribution in [0.5, 0.6) is 0 Å². The monoisotopic (exact) mass is 308 g/mol. The van der Waals surface area contributed by atoms with Gasteiger partial charge in [0.2, 0.25) is 0 Å². The number of ether oxygens (including phenoxy) is 1. The molecule has 1 aromatic carbocycles. The minimum absolute atomic E-state index is 0.114. The molecule has 5 heteroatoms. The summed E-state index contributed by atoms with van der Waals surface area (Å²) in [6, 6.07) is 10.5. The van der Waals surface area contributed by atoms with Crippen molar-refractivity contribution in [2.24, 2.45) is 5.92 Å². The molecule has 3 rings (SSSR count). The summed E-state index contributed by atoms with van der Waals surface area (Å²) in [6.07, 6.45) is 5.40. The van der Waals surface area contributed by atoms with Crippen molar-refractivity contribution in [1.82, 2.24) is 9.97 Å². The normalized spacial score (nSPS) is 20.7. The molecule has 1 saturated heterocycles. The zero-order chi connectivity index (χ0) is 16.1. The molecule has 0 radical (unpaired) electrons. The Bertz CT molecular complexity index is 676. The zero-order valence-corrected chi connectivity index (χ0v) is 13.2. The van der Waals surface area contributed by atoms with Crippen LogP contribution in [0, 0.1) is 24.2 Å². The maximum absolute atomic E-state index is 8.75. The average molecular weight is 308 g/mol. The van der Waals surface area contributed by atoms with Crippen LogP contribution in [0.3, 0.4) is 0 Å². The maximum Gasteiger partial charge on any atom is 0.158 e. The molecule has 1 aliphatic rings. The molecule has 1 aromatic heterocycles. The molecule has 23 heavy (non-hydrogen) atoms. The molecule has 5 nitrogen and oxygen atoms in total. The number of hydrogen-bond acceptors (Lipinski definition) is 5. The highest BCUT2D eigenvalue weighted by atomic mass is 16.5. The predicted molar refractivity (Wildman–Crippen MR) is 87.8 cm³/mol. The summed E-state index contributed by atoms with van der Waals surface area (Å²) in [4.78, 5) is 8.24. The van der Waals surface area contributed by atoms with Gasteiger partial charge in [-0.05, 0) is 25.3 Å². The molecular weight excluding hydrogens is 288 g/mol. The van der Waals surface area contributed by atoms with E-state index in [4.69, 9.17) is 10.00 Å². The van der Waals surface area contributed by atoms with Crippen molar-refractivity contribution in [2.75, 3.05) is 18.5 Å². The van der Waals surface area contributed by atoms with Crippen molar-refractivity contribution in [3.63, 3.8) is 0 Å². The molecule has 0 amide bonds. The van der Waals surface area contributed by atoms with E-state index in [1.54, 1.807) is 6.20 Å². The quantitative estimate of drug-likeness (QED) is 0.939. The van der Waals surface area contributed by atoms with Gasteiger partial charge in [-0.15, -0.1) is 0 Å². The molecule has 0 aliphatic carbocycles.